The zero-order valence-electron chi connectivity index (χ0n) is 15.1. The van der Waals surface area contributed by atoms with Gasteiger partial charge in [-0.15, -0.1) is 0 Å². The maximum Gasteiger partial charge on any atom is 0.254 e. The van der Waals surface area contributed by atoms with Crippen LogP contribution in [0.5, 0.6) is 11.5 Å². The summed E-state index contributed by atoms with van der Waals surface area (Å²) in [4.78, 5) is 29.0. The van der Waals surface area contributed by atoms with E-state index in [1.54, 1.807) is 55.2 Å². The van der Waals surface area contributed by atoms with Crippen LogP contribution in [0.4, 0.5) is 5.69 Å². The molecule has 3 rings (SSSR count). The van der Waals surface area contributed by atoms with Crippen LogP contribution < -0.4 is 14.4 Å². The standard InChI is InChI=1S/C20H22N2O4/c1-14-19(23)22(16-7-5-9-18(13-16)26-3)11-10-21(14)20(24)15-6-4-8-17(12-15)25-2/h4-9,12-14H,10-11H2,1-3H3/t14-/m0/s1. The first-order valence-corrected chi connectivity index (χ1v) is 8.45. The van der Waals surface area contributed by atoms with Crippen LogP contribution in [-0.4, -0.2) is 50.1 Å². The van der Waals surface area contributed by atoms with E-state index in [0.717, 1.165) is 5.69 Å². The first-order valence-electron chi connectivity index (χ1n) is 8.45. The molecule has 1 fully saturated rings. The molecule has 1 heterocycles. The van der Waals surface area contributed by atoms with E-state index in [0.29, 0.717) is 30.2 Å². The van der Waals surface area contributed by atoms with Crippen LogP contribution in [0.15, 0.2) is 48.5 Å². The maximum absolute atomic E-state index is 12.9. The van der Waals surface area contributed by atoms with E-state index in [-0.39, 0.29) is 11.8 Å². The molecule has 0 spiro atoms. The Morgan fingerprint density at radius 2 is 1.65 bits per heavy atom. The Morgan fingerprint density at radius 1 is 1.00 bits per heavy atom. The zero-order chi connectivity index (χ0) is 18.7. The summed E-state index contributed by atoms with van der Waals surface area (Å²) in [7, 11) is 3.15. The molecule has 0 bridgehead atoms. The maximum atomic E-state index is 12.9. The fourth-order valence-corrected chi connectivity index (χ4v) is 3.10. The molecule has 2 aromatic carbocycles. The van der Waals surface area contributed by atoms with Gasteiger partial charge in [-0.3, -0.25) is 9.59 Å². The number of amides is 2. The summed E-state index contributed by atoms with van der Waals surface area (Å²) in [5.74, 6) is 1.03. The highest BCUT2D eigenvalue weighted by molar-refractivity contribution is 6.03. The number of nitrogens with zero attached hydrogens (tertiary/aromatic N) is 2. The van der Waals surface area contributed by atoms with Crippen LogP contribution in [0.1, 0.15) is 17.3 Å². The van der Waals surface area contributed by atoms with Gasteiger partial charge in [-0.25, -0.2) is 0 Å². The van der Waals surface area contributed by atoms with E-state index in [4.69, 9.17) is 9.47 Å². The highest BCUT2D eigenvalue weighted by atomic mass is 16.5. The molecular formula is C20H22N2O4. The van der Waals surface area contributed by atoms with E-state index in [1.807, 2.05) is 24.3 Å². The van der Waals surface area contributed by atoms with Gasteiger partial charge < -0.3 is 19.3 Å². The van der Waals surface area contributed by atoms with Crippen LogP contribution in [0.3, 0.4) is 0 Å². The summed E-state index contributed by atoms with van der Waals surface area (Å²) in [6.07, 6.45) is 0. The zero-order valence-corrected chi connectivity index (χ0v) is 15.1. The molecule has 6 heteroatoms. The lowest BCUT2D eigenvalue weighted by Crippen LogP contribution is -2.57. The van der Waals surface area contributed by atoms with Gasteiger partial charge in [0.1, 0.15) is 17.5 Å². The van der Waals surface area contributed by atoms with Crippen molar-refractivity contribution in [3.05, 3.63) is 54.1 Å². The molecule has 1 aliphatic heterocycles. The van der Waals surface area contributed by atoms with Crippen LogP contribution in [-0.2, 0) is 4.79 Å². The first-order chi connectivity index (χ1) is 12.5. The monoisotopic (exact) mass is 354 g/mol. The number of ether oxygens (including phenoxy) is 2. The lowest BCUT2D eigenvalue weighted by molar-refractivity contribution is -0.124. The largest absolute Gasteiger partial charge is 0.497 e. The van der Waals surface area contributed by atoms with Crippen molar-refractivity contribution in [1.82, 2.24) is 4.90 Å². The number of piperazine rings is 1. The van der Waals surface area contributed by atoms with Gasteiger partial charge in [0.05, 0.1) is 14.2 Å². The summed E-state index contributed by atoms with van der Waals surface area (Å²) >= 11 is 0. The van der Waals surface area contributed by atoms with Crippen molar-refractivity contribution >= 4 is 17.5 Å². The number of rotatable bonds is 4. The molecule has 0 N–H and O–H groups in total. The minimum atomic E-state index is -0.548. The van der Waals surface area contributed by atoms with Gasteiger partial charge in [0.25, 0.3) is 5.91 Å². The Labute approximate surface area is 152 Å². The highest BCUT2D eigenvalue weighted by Crippen LogP contribution is 2.25. The minimum Gasteiger partial charge on any atom is -0.497 e. The number of methoxy groups -OCH3 is 2. The van der Waals surface area contributed by atoms with Gasteiger partial charge in [-0.05, 0) is 37.3 Å². The fraction of sp³-hybridized carbons (Fsp3) is 0.300. The predicted molar refractivity (Wildman–Crippen MR) is 98.8 cm³/mol. The van der Waals surface area contributed by atoms with E-state index in [2.05, 4.69) is 0 Å². The highest BCUT2D eigenvalue weighted by Gasteiger charge is 2.35. The Balaban J connectivity index is 1.79. The van der Waals surface area contributed by atoms with E-state index >= 15 is 0 Å². The third kappa shape index (κ3) is 3.35. The number of benzene rings is 2. The van der Waals surface area contributed by atoms with Crippen molar-refractivity contribution in [1.29, 1.82) is 0 Å². The van der Waals surface area contributed by atoms with Crippen molar-refractivity contribution in [3.63, 3.8) is 0 Å². The average Bonchev–Trinajstić information content (AvgIpc) is 2.69. The molecule has 2 aromatic rings. The van der Waals surface area contributed by atoms with Crippen LogP contribution in [0.2, 0.25) is 0 Å². The van der Waals surface area contributed by atoms with Crippen molar-refractivity contribution in [2.24, 2.45) is 0 Å². The van der Waals surface area contributed by atoms with E-state index < -0.39 is 6.04 Å². The second-order valence-electron chi connectivity index (χ2n) is 6.10. The van der Waals surface area contributed by atoms with Crippen LogP contribution >= 0.6 is 0 Å². The van der Waals surface area contributed by atoms with Gasteiger partial charge in [-0.2, -0.15) is 0 Å². The van der Waals surface area contributed by atoms with E-state index in [1.165, 1.54) is 0 Å². The summed E-state index contributed by atoms with van der Waals surface area (Å²) in [5.41, 5.74) is 1.29. The Hall–Kier alpha value is -3.02. The number of anilines is 1. The van der Waals surface area contributed by atoms with Crippen molar-refractivity contribution in [3.8, 4) is 11.5 Å². The smallest absolute Gasteiger partial charge is 0.254 e. The number of hydrogen-bond acceptors (Lipinski definition) is 4. The number of carbonyl (C=O) groups excluding carboxylic acids is 2. The number of hydrogen-bond donors (Lipinski definition) is 0. The quantitative estimate of drug-likeness (QED) is 0.847. The molecule has 0 saturated carbocycles. The minimum absolute atomic E-state index is 0.110. The first kappa shape index (κ1) is 17.8. The van der Waals surface area contributed by atoms with Gasteiger partial charge in [-0.1, -0.05) is 12.1 Å². The predicted octanol–water partition coefficient (Wildman–Crippen LogP) is 2.58. The average molecular weight is 354 g/mol. The van der Waals surface area contributed by atoms with Gasteiger partial charge in [0, 0.05) is 30.4 Å². The molecule has 1 aliphatic rings. The second kappa shape index (κ2) is 7.47. The summed E-state index contributed by atoms with van der Waals surface area (Å²) in [6.45, 7) is 2.65. The topological polar surface area (TPSA) is 59.1 Å². The molecule has 0 unspecified atom stereocenters. The molecule has 26 heavy (non-hydrogen) atoms. The summed E-state index contributed by atoms with van der Waals surface area (Å²) in [6, 6.07) is 13.8. The molecule has 2 amide bonds. The van der Waals surface area contributed by atoms with Gasteiger partial charge in [0.15, 0.2) is 0 Å². The summed E-state index contributed by atoms with van der Waals surface area (Å²) < 4.78 is 10.4. The molecule has 1 atom stereocenters. The normalized spacial score (nSPS) is 17.2. The molecule has 136 valence electrons. The SMILES string of the molecule is COc1cccc(C(=O)N2CCN(c3cccc(OC)c3)C(=O)[C@@H]2C)c1. The summed E-state index contributed by atoms with van der Waals surface area (Å²) in [5, 5.41) is 0. The lowest BCUT2D eigenvalue weighted by Gasteiger charge is -2.39. The second-order valence-corrected chi connectivity index (χ2v) is 6.10. The van der Waals surface area contributed by atoms with E-state index in [9.17, 15) is 9.59 Å². The Morgan fingerprint density at radius 3 is 2.35 bits per heavy atom. The van der Waals surface area contributed by atoms with Crippen LogP contribution in [0.25, 0.3) is 0 Å². The molecule has 0 aromatic heterocycles. The van der Waals surface area contributed by atoms with Crippen molar-refractivity contribution < 1.29 is 19.1 Å². The molecule has 0 aliphatic carbocycles. The number of carbonyl (C=O) groups is 2. The Bertz CT molecular complexity index is 821. The fourth-order valence-electron chi connectivity index (χ4n) is 3.10. The molecule has 6 nitrogen and oxygen atoms in total. The third-order valence-electron chi connectivity index (χ3n) is 4.60. The molecular weight excluding hydrogens is 332 g/mol. The molecule has 1 saturated heterocycles. The van der Waals surface area contributed by atoms with Crippen molar-refractivity contribution in [2.45, 2.75) is 13.0 Å². The third-order valence-corrected chi connectivity index (χ3v) is 4.60. The van der Waals surface area contributed by atoms with Crippen LogP contribution in [0, 0.1) is 0 Å². The lowest BCUT2D eigenvalue weighted by atomic mass is 10.1. The van der Waals surface area contributed by atoms with Crippen molar-refractivity contribution in [2.75, 3.05) is 32.2 Å². The Kier molecular flexibility index (Phi) is 5.11. The molecule has 0 radical (unpaired) electrons. The van der Waals surface area contributed by atoms with Gasteiger partial charge in [0.2, 0.25) is 5.91 Å². The van der Waals surface area contributed by atoms with Gasteiger partial charge >= 0.3 is 0 Å².